The van der Waals surface area contributed by atoms with Crippen molar-refractivity contribution in [3.63, 3.8) is 0 Å². The molecule has 1 aliphatic carbocycles. The number of hydrogen-bond donors (Lipinski definition) is 2. The van der Waals surface area contributed by atoms with Crippen molar-refractivity contribution in [2.45, 2.75) is 25.7 Å². The largest absolute Gasteiger partial charge is 0.358 e. The van der Waals surface area contributed by atoms with Crippen LogP contribution < -0.4 is 10.7 Å². The summed E-state index contributed by atoms with van der Waals surface area (Å²) in [4.78, 5) is 28.1. The van der Waals surface area contributed by atoms with Crippen molar-refractivity contribution in [1.82, 2.24) is 4.98 Å². The van der Waals surface area contributed by atoms with Crippen LogP contribution in [0.25, 0.3) is 10.9 Å². The van der Waals surface area contributed by atoms with E-state index in [1.54, 1.807) is 24.3 Å². The summed E-state index contributed by atoms with van der Waals surface area (Å²) in [6, 6.07) is 12.4. The maximum atomic E-state index is 12.6. The summed E-state index contributed by atoms with van der Waals surface area (Å²) in [7, 11) is 0. The van der Waals surface area contributed by atoms with E-state index in [0.29, 0.717) is 21.1 Å². The first-order chi connectivity index (χ1) is 13.0. The number of aryl methyl sites for hydroxylation is 1. The fourth-order valence-electron chi connectivity index (χ4n) is 3.44. The third-order valence-electron chi connectivity index (χ3n) is 5.04. The van der Waals surface area contributed by atoms with Crippen molar-refractivity contribution in [1.29, 1.82) is 0 Å². The topological polar surface area (TPSA) is 62.0 Å². The molecular weight excluding hydrogens is 383 g/mol. The van der Waals surface area contributed by atoms with Crippen LogP contribution in [-0.4, -0.2) is 10.9 Å². The molecule has 2 N–H and O–H groups in total. The lowest BCUT2D eigenvalue weighted by molar-refractivity contribution is -0.117. The number of aromatic amines is 1. The van der Waals surface area contributed by atoms with Crippen LogP contribution in [0.3, 0.4) is 0 Å². The molecule has 1 heterocycles. The summed E-state index contributed by atoms with van der Waals surface area (Å²) < 4.78 is 0. The number of carbonyl (C=O) groups is 1. The van der Waals surface area contributed by atoms with Crippen molar-refractivity contribution in [2.24, 2.45) is 5.92 Å². The van der Waals surface area contributed by atoms with Crippen molar-refractivity contribution in [3.05, 3.63) is 74.0 Å². The average Bonchev–Trinajstić information content (AvgIpc) is 3.45. The van der Waals surface area contributed by atoms with Gasteiger partial charge in [-0.25, -0.2) is 0 Å². The smallest absolute Gasteiger partial charge is 0.228 e. The van der Waals surface area contributed by atoms with E-state index in [0.717, 1.165) is 29.6 Å². The molecule has 2 aromatic carbocycles. The zero-order chi connectivity index (χ0) is 19.1. The molecule has 2 atom stereocenters. The molecule has 1 amide bonds. The normalized spacial score (nSPS) is 18.5. The fraction of sp³-hybridized carbons (Fsp3) is 0.238. The molecule has 0 bridgehead atoms. The van der Waals surface area contributed by atoms with E-state index in [9.17, 15) is 9.59 Å². The second-order valence-corrected chi connectivity index (χ2v) is 7.64. The Morgan fingerprint density at radius 1 is 1.22 bits per heavy atom. The summed E-state index contributed by atoms with van der Waals surface area (Å²) in [5.41, 5.74) is 3.14. The summed E-state index contributed by atoms with van der Waals surface area (Å²) in [5.74, 6) is -0.137. The van der Waals surface area contributed by atoms with Crippen LogP contribution in [0.4, 0.5) is 5.69 Å². The van der Waals surface area contributed by atoms with Gasteiger partial charge in [0.1, 0.15) is 0 Å². The van der Waals surface area contributed by atoms with Crippen LogP contribution in [0, 0.1) is 5.92 Å². The van der Waals surface area contributed by atoms with Gasteiger partial charge in [-0.05, 0) is 48.6 Å². The number of hydrogen-bond acceptors (Lipinski definition) is 2. The number of rotatable bonds is 4. The Labute approximate surface area is 166 Å². The fourth-order valence-corrected chi connectivity index (χ4v) is 3.89. The highest BCUT2D eigenvalue weighted by atomic mass is 35.5. The Morgan fingerprint density at radius 3 is 2.81 bits per heavy atom. The lowest BCUT2D eigenvalue weighted by atomic mass is 10.1. The monoisotopic (exact) mass is 400 g/mol. The van der Waals surface area contributed by atoms with Gasteiger partial charge in [0.15, 0.2) is 5.43 Å². The third kappa shape index (κ3) is 3.47. The van der Waals surface area contributed by atoms with Gasteiger partial charge in [0.05, 0.1) is 10.0 Å². The molecule has 138 valence electrons. The Kier molecular flexibility index (Phi) is 4.70. The number of fused-ring (bicyclic) bond motifs is 1. The number of halogens is 2. The van der Waals surface area contributed by atoms with Gasteiger partial charge in [-0.1, -0.05) is 42.3 Å². The highest BCUT2D eigenvalue weighted by molar-refractivity contribution is 6.42. The first-order valence-electron chi connectivity index (χ1n) is 8.88. The van der Waals surface area contributed by atoms with Crippen molar-refractivity contribution >= 4 is 45.7 Å². The third-order valence-corrected chi connectivity index (χ3v) is 5.88. The molecule has 6 heteroatoms. The van der Waals surface area contributed by atoms with Gasteiger partial charge < -0.3 is 10.3 Å². The number of benzene rings is 2. The van der Waals surface area contributed by atoms with Crippen LogP contribution in [0.1, 0.15) is 30.5 Å². The van der Waals surface area contributed by atoms with Crippen molar-refractivity contribution < 1.29 is 4.79 Å². The Morgan fingerprint density at radius 2 is 2.04 bits per heavy atom. The molecule has 0 saturated heterocycles. The van der Waals surface area contributed by atoms with E-state index in [2.05, 4.69) is 10.3 Å². The van der Waals surface area contributed by atoms with Crippen molar-refractivity contribution in [2.75, 3.05) is 5.32 Å². The number of nitrogens with one attached hydrogen (secondary N) is 2. The molecule has 0 spiro atoms. The SMILES string of the molecule is CCc1cc(=O)c2cc(NC(=O)[C@@H]3C[C@@H]3c3cccc(Cl)c3Cl)ccc2[nH]1. The number of carbonyl (C=O) groups excluding carboxylic acids is 1. The van der Waals surface area contributed by atoms with Crippen LogP contribution >= 0.6 is 23.2 Å². The molecule has 0 aliphatic heterocycles. The van der Waals surface area contributed by atoms with Gasteiger partial charge in [0, 0.05) is 34.3 Å². The maximum Gasteiger partial charge on any atom is 0.228 e. The van der Waals surface area contributed by atoms with E-state index < -0.39 is 0 Å². The van der Waals surface area contributed by atoms with Gasteiger partial charge in [-0.2, -0.15) is 0 Å². The predicted octanol–water partition coefficient (Wildman–Crippen LogP) is 5.14. The first-order valence-corrected chi connectivity index (χ1v) is 9.64. The van der Waals surface area contributed by atoms with Crippen molar-refractivity contribution in [3.8, 4) is 0 Å². The van der Waals surface area contributed by atoms with Crippen LogP contribution in [-0.2, 0) is 11.2 Å². The minimum absolute atomic E-state index is 0.0493. The molecule has 4 rings (SSSR count). The first kappa shape index (κ1) is 18.1. The van der Waals surface area contributed by atoms with Gasteiger partial charge in [-0.15, -0.1) is 0 Å². The van der Waals surface area contributed by atoms with E-state index in [1.807, 2.05) is 25.1 Å². The summed E-state index contributed by atoms with van der Waals surface area (Å²) >= 11 is 12.3. The number of H-pyrrole nitrogens is 1. The average molecular weight is 401 g/mol. The van der Waals surface area contributed by atoms with Crippen LogP contribution in [0.2, 0.25) is 10.0 Å². The summed E-state index contributed by atoms with van der Waals surface area (Å²) in [6.07, 6.45) is 1.50. The highest BCUT2D eigenvalue weighted by Crippen LogP contribution is 2.51. The number of amides is 1. The Bertz CT molecular complexity index is 1110. The highest BCUT2D eigenvalue weighted by Gasteiger charge is 2.45. The molecule has 1 aromatic heterocycles. The number of aromatic nitrogens is 1. The minimum Gasteiger partial charge on any atom is -0.358 e. The molecule has 0 radical (unpaired) electrons. The number of pyridine rings is 1. The zero-order valence-electron chi connectivity index (χ0n) is 14.7. The minimum atomic E-state index is -0.141. The second kappa shape index (κ2) is 7.02. The Balaban J connectivity index is 1.53. The van der Waals surface area contributed by atoms with E-state index in [1.165, 1.54) is 0 Å². The number of anilines is 1. The van der Waals surface area contributed by atoms with Gasteiger partial charge in [-0.3, -0.25) is 9.59 Å². The molecule has 4 nitrogen and oxygen atoms in total. The second-order valence-electron chi connectivity index (χ2n) is 6.85. The van der Waals surface area contributed by atoms with E-state index in [4.69, 9.17) is 23.2 Å². The van der Waals surface area contributed by atoms with Crippen LogP contribution in [0.5, 0.6) is 0 Å². The standard InChI is InChI=1S/C21H18Cl2N2O2/c1-2-11-9-19(26)16-8-12(6-7-18(16)24-11)25-21(27)15-10-14(15)13-4-3-5-17(22)20(13)23/h3-9,14-15H,2,10H2,1H3,(H,24,26)(H,25,27)/t14-,15-/m1/s1. The quantitative estimate of drug-likeness (QED) is 0.636. The van der Waals surface area contributed by atoms with Crippen LogP contribution in [0.15, 0.2) is 47.3 Å². The predicted molar refractivity (Wildman–Crippen MR) is 110 cm³/mol. The molecule has 0 unspecified atom stereocenters. The lowest BCUT2D eigenvalue weighted by Crippen LogP contribution is -2.15. The molecule has 1 fully saturated rings. The van der Waals surface area contributed by atoms with E-state index >= 15 is 0 Å². The molecular formula is C21H18Cl2N2O2. The Hall–Kier alpha value is -2.30. The molecule has 1 saturated carbocycles. The summed E-state index contributed by atoms with van der Waals surface area (Å²) in [5, 5.41) is 4.50. The zero-order valence-corrected chi connectivity index (χ0v) is 16.2. The summed E-state index contributed by atoms with van der Waals surface area (Å²) in [6.45, 7) is 1.99. The molecule has 27 heavy (non-hydrogen) atoms. The van der Waals surface area contributed by atoms with Gasteiger partial charge >= 0.3 is 0 Å². The van der Waals surface area contributed by atoms with Gasteiger partial charge in [0.25, 0.3) is 0 Å². The molecule has 3 aromatic rings. The maximum absolute atomic E-state index is 12.6. The molecule has 1 aliphatic rings. The lowest BCUT2D eigenvalue weighted by Gasteiger charge is -2.08. The van der Waals surface area contributed by atoms with Gasteiger partial charge in [0.2, 0.25) is 5.91 Å². The van der Waals surface area contributed by atoms with E-state index in [-0.39, 0.29) is 23.2 Å².